The van der Waals surface area contributed by atoms with Crippen molar-refractivity contribution in [2.75, 3.05) is 0 Å². The van der Waals surface area contributed by atoms with E-state index in [1.807, 2.05) is 0 Å². The molecular formula is C12H9ClO3. The number of carbonyl (C=O) groups is 2. The minimum Gasteiger partial charge on any atom is -0.477 e. The van der Waals surface area contributed by atoms with Crippen LogP contribution in [-0.2, 0) is 9.59 Å². The zero-order chi connectivity index (χ0) is 12.1. The first kappa shape index (κ1) is 12.2. The summed E-state index contributed by atoms with van der Waals surface area (Å²) in [4.78, 5) is 22.3. The summed E-state index contributed by atoms with van der Waals surface area (Å²) in [7, 11) is 0. The molecule has 0 unspecified atom stereocenters. The van der Waals surface area contributed by atoms with Crippen LogP contribution in [0.5, 0.6) is 0 Å². The molecule has 0 saturated carbocycles. The summed E-state index contributed by atoms with van der Waals surface area (Å²) in [6, 6.07) is 8.37. The van der Waals surface area contributed by atoms with E-state index in [1.165, 1.54) is 0 Å². The lowest BCUT2D eigenvalue weighted by Crippen LogP contribution is -2.05. The standard InChI is InChI=1S/C12H9ClO3/c1-2-9(14)10(11(13)12(15)16)8-6-4-3-5-7-8/h2-7H,1H2,(H,15,16). The number of halogens is 1. The van der Waals surface area contributed by atoms with Crippen LogP contribution >= 0.6 is 11.6 Å². The monoisotopic (exact) mass is 236 g/mol. The molecule has 0 aromatic heterocycles. The highest BCUT2D eigenvalue weighted by Crippen LogP contribution is 2.23. The maximum absolute atomic E-state index is 11.5. The summed E-state index contributed by atoms with van der Waals surface area (Å²) in [5.41, 5.74) is 0.407. The molecule has 1 aromatic rings. The Hall–Kier alpha value is -1.87. The van der Waals surface area contributed by atoms with E-state index in [0.717, 1.165) is 6.08 Å². The molecule has 4 heteroatoms. The van der Waals surface area contributed by atoms with Gasteiger partial charge in [0.1, 0.15) is 5.03 Å². The third-order valence-electron chi connectivity index (χ3n) is 1.90. The van der Waals surface area contributed by atoms with Gasteiger partial charge in [-0.05, 0) is 11.6 Å². The van der Waals surface area contributed by atoms with Crippen LogP contribution in [0.3, 0.4) is 0 Å². The van der Waals surface area contributed by atoms with Crippen molar-refractivity contribution in [3.8, 4) is 0 Å². The van der Waals surface area contributed by atoms with E-state index in [2.05, 4.69) is 6.58 Å². The fourth-order valence-electron chi connectivity index (χ4n) is 1.19. The minimum absolute atomic E-state index is 0.0511. The first-order valence-electron chi connectivity index (χ1n) is 4.43. The molecule has 1 aromatic carbocycles. The largest absolute Gasteiger partial charge is 0.477 e. The topological polar surface area (TPSA) is 54.4 Å². The van der Waals surface area contributed by atoms with Crippen molar-refractivity contribution >= 4 is 28.9 Å². The average Bonchev–Trinajstić information content (AvgIpc) is 2.30. The van der Waals surface area contributed by atoms with Gasteiger partial charge in [-0.3, -0.25) is 4.79 Å². The van der Waals surface area contributed by atoms with Gasteiger partial charge in [0.15, 0.2) is 5.78 Å². The molecule has 0 bridgehead atoms. The summed E-state index contributed by atoms with van der Waals surface area (Å²) in [5.74, 6) is -1.85. The first-order valence-corrected chi connectivity index (χ1v) is 4.81. The molecule has 0 aliphatic heterocycles. The fourth-order valence-corrected chi connectivity index (χ4v) is 1.39. The summed E-state index contributed by atoms with van der Waals surface area (Å²) >= 11 is 5.60. The maximum atomic E-state index is 11.5. The number of carboxylic acids is 1. The molecule has 16 heavy (non-hydrogen) atoms. The number of carboxylic acid groups (broad SMARTS) is 1. The molecule has 0 saturated heterocycles. The summed E-state index contributed by atoms with van der Waals surface area (Å²) < 4.78 is 0. The lowest BCUT2D eigenvalue weighted by Gasteiger charge is -2.05. The van der Waals surface area contributed by atoms with Crippen molar-refractivity contribution in [1.82, 2.24) is 0 Å². The van der Waals surface area contributed by atoms with E-state index in [4.69, 9.17) is 16.7 Å². The molecule has 0 aliphatic carbocycles. The summed E-state index contributed by atoms with van der Waals surface area (Å²) in [5, 5.41) is 8.28. The van der Waals surface area contributed by atoms with Crippen molar-refractivity contribution < 1.29 is 14.7 Å². The van der Waals surface area contributed by atoms with Crippen molar-refractivity contribution in [1.29, 1.82) is 0 Å². The van der Waals surface area contributed by atoms with Crippen LogP contribution in [-0.4, -0.2) is 16.9 Å². The highest BCUT2D eigenvalue weighted by atomic mass is 35.5. The lowest BCUT2D eigenvalue weighted by atomic mass is 10.0. The Bertz CT molecular complexity index is 460. The van der Waals surface area contributed by atoms with E-state index in [1.54, 1.807) is 30.3 Å². The Morgan fingerprint density at radius 2 is 1.81 bits per heavy atom. The van der Waals surface area contributed by atoms with Gasteiger partial charge in [-0.15, -0.1) is 0 Å². The van der Waals surface area contributed by atoms with E-state index in [-0.39, 0.29) is 5.57 Å². The number of allylic oxidation sites excluding steroid dienone is 2. The van der Waals surface area contributed by atoms with Gasteiger partial charge in [0.2, 0.25) is 0 Å². The highest BCUT2D eigenvalue weighted by Gasteiger charge is 2.18. The molecule has 0 spiro atoms. The molecule has 3 nitrogen and oxygen atoms in total. The Kier molecular flexibility index (Phi) is 4.03. The predicted molar refractivity (Wildman–Crippen MR) is 62.1 cm³/mol. The van der Waals surface area contributed by atoms with E-state index >= 15 is 0 Å². The quantitative estimate of drug-likeness (QED) is 0.817. The minimum atomic E-state index is -1.34. The second-order valence-corrected chi connectivity index (χ2v) is 3.31. The second kappa shape index (κ2) is 5.28. The smallest absolute Gasteiger partial charge is 0.348 e. The van der Waals surface area contributed by atoms with Gasteiger partial charge >= 0.3 is 5.97 Å². The first-order chi connectivity index (χ1) is 7.57. The van der Waals surface area contributed by atoms with Gasteiger partial charge in [-0.25, -0.2) is 4.79 Å². The number of ketones is 1. The molecule has 1 rings (SSSR count). The third-order valence-corrected chi connectivity index (χ3v) is 2.25. The van der Waals surface area contributed by atoms with Crippen molar-refractivity contribution in [2.45, 2.75) is 0 Å². The summed E-state index contributed by atoms with van der Waals surface area (Å²) in [6.45, 7) is 3.31. The number of hydrogen-bond donors (Lipinski definition) is 1. The maximum Gasteiger partial charge on any atom is 0.348 e. The van der Waals surface area contributed by atoms with Crippen LogP contribution in [0, 0.1) is 0 Å². The average molecular weight is 237 g/mol. The Balaban J connectivity index is 3.39. The van der Waals surface area contributed by atoms with Gasteiger partial charge in [-0.2, -0.15) is 0 Å². The van der Waals surface area contributed by atoms with Crippen LogP contribution in [0.25, 0.3) is 5.57 Å². The van der Waals surface area contributed by atoms with Crippen LogP contribution in [0.1, 0.15) is 5.56 Å². The SMILES string of the molecule is C=CC(=O)C(=C(Cl)C(=O)O)c1ccccc1. The van der Waals surface area contributed by atoms with Gasteiger partial charge < -0.3 is 5.11 Å². The molecule has 0 heterocycles. The normalized spacial score (nSPS) is 11.6. The molecule has 82 valence electrons. The van der Waals surface area contributed by atoms with Gasteiger partial charge in [-0.1, -0.05) is 48.5 Å². The van der Waals surface area contributed by atoms with E-state index < -0.39 is 16.8 Å². The van der Waals surface area contributed by atoms with Crippen molar-refractivity contribution in [3.05, 3.63) is 53.6 Å². The second-order valence-electron chi connectivity index (χ2n) is 2.93. The molecule has 1 N–H and O–H groups in total. The molecule has 0 fully saturated rings. The van der Waals surface area contributed by atoms with E-state index in [0.29, 0.717) is 5.56 Å². The predicted octanol–water partition coefficient (Wildman–Crippen LogP) is 2.48. The Morgan fingerprint density at radius 1 is 1.25 bits per heavy atom. The number of hydrogen-bond acceptors (Lipinski definition) is 2. The van der Waals surface area contributed by atoms with Gasteiger partial charge in [0.25, 0.3) is 0 Å². The summed E-state index contributed by atoms with van der Waals surface area (Å²) in [6.07, 6.45) is 1.04. The van der Waals surface area contributed by atoms with Crippen LogP contribution in [0.15, 0.2) is 48.0 Å². The van der Waals surface area contributed by atoms with Crippen LogP contribution in [0.2, 0.25) is 0 Å². The number of carbonyl (C=O) groups excluding carboxylic acids is 1. The van der Waals surface area contributed by atoms with Crippen molar-refractivity contribution in [3.63, 3.8) is 0 Å². The number of rotatable bonds is 4. The third kappa shape index (κ3) is 2.58. The fraction of sp³-hybridized carbons (Fsp3) is 0. The van der Waals surface area contributed by atoms with Gasteiger partial charge in [0.05, 0.1) is 5.57 Å². The lowest BCUT2D eigenvalue weighted by molar-refractivity contribution is -0.132. The molecular weight excluding hydrogens is 228 g/mol. The molecule has 0 aliphatic rings. The zero-order valence-electron chi connectivity index (χ0n) is 8.31. The molecule has 0 atom stereocenters. The zero-order valence-corrected chi connectivity index (χ0v) is 9.07. The van der Waals surface area contributed by atoms with Gasteiger partial charge in [0, 0.05) is 0 Å². The molecule has 0 amide bonds. The highest BCUT2D eigenvalue weighted by molar-refractivity contribution is 6.50. The number of benzene rings is 1. The Labute approximate surface area is 97.7 Å². The van der Waals surface area contributed by atoms with E-state index in [9.17, 15) is 9.59 Å². The number of aliphatic carboxylic acids is 1. The van der Waals surface area contributed by atoms with Crippen LogP contribution < -0.4 is 0 Å². The van der Waals surface area contributed by atoms with Crippen LogP contribution in [0.4, 0.5) is 0 Å². The van der Waals surface area contributed by atoms with Crippen molar-refractivity contribution in [2.24, 2.45) is 0 Å². The molecule has 0 radical (unpaired) electrons. The Morgan fingerprint density at radius 3 is 2.25 bits per heavy atom.